The van der Waals surface area contributed by atoms with Crippen LogP contribution in [0.3, 0.4) is 0 Å². The summed E-state index contributed by atoms with van der Waals surface area (Å²) in [7, 11) is -7.97. The fourth-order valence-corrected chi connectivity index (χ4v) is 7.20. The standard InChI is InChI=1S/C16H25N3O3SSi.C13H17N3O3S/c1-16(10-14(18-19-16)24(3,4)5)15(20)17-11-12-7-6-8-13(9-12)23(2,21)22;1-13(6-7-15-16-13)12(17)14-9-10-4-3-5-11(8-10)20(2,18)19/h6-9,14H,10-11H2,1-5H3,(H,17,20);3-5,7-8,16H,6,9H2,1-2H3,(H,14,17). The minimum Gasteiger partial charge on any atom is -0.350 e. The summed E-state index contributed by atoms with van der Waals surface area (Å²) in [5.74, 6) is -0.337. The first-order valence-corrected chi connectivity index (χ1v) is 21.4. The van der Waals surface area contributed by atoms with Gasteiger partial charge in [-0.3, -0.25) is 15.0 Å². The predicted octanol–water partition coefficient (Wildman–Crippen LogP) is 3.01. The van der Waals surface area contributed by atoms with E-state index < -0.39 is 38.8 Å². The van der Waals surface area contributed by atoms with Gasteiger partial charge in [-0.05, 0) is 49.2 Å². The van der Waals surface area contributed by atoms with Crippen molar-refractivity contribution in [2.45, 2.75) is 86.0 Å². The van der Waals surface area contributed by atoms with Crippen LogP contribution >= 0.6 is 0 Å². The zero-order chi connectivity index (χ0) is 33.0. The van der Waals surface area contributed by atoms with E-state index in [0.717, 1.165) is 17.4 Å². The van der Waals surface area contributed by atoms with E-state index in [-0.39, 0.29) is 40.4 Å². The van der Waals surface area contributed by atoms with Crippen molar-refractivity contribution in [3.8, 4) is 0 Å². The molecule has 0 bridgehead atoms. The van der Waals surface area contributed by atoms with Gasteiger partial charge in [-0.25, -0.2) is 16.8 Å². The first-order valence-electron chi connectivity index (χ1n) is 14.1. The molecule has 2 amide bonds. The molecule has 2 heterocycles. The molecule has 0 saturated carbocycles. The molecule has 0 fully saturated rings. The van der Waals surface area contributed by atoms with Crippen LogP contribution in [0.4, 0.5) is 0 Å². The Balaban J connectivity index is 0.000000244. The number of carbonyl (C=O) groups excluding carboxylic acids is 2. The molecule has 2 aliphatic heterocycles. The minimum atomic E-state index is -3.26. The number of amides is 2. The van der Waals surface area contributed by atoms with E-state index in [4.69, 9.17) is 0 Å². The number of hydrogen-bond donors (Lipinski definition) is 3. The van der Waals surface area contributed by atoms with Crippen molar-refractivity contribution in [1.29, 1.82) is 0 Å². The van der Waals surface area contributed by atoms with E-state index in [9.17, 15) is 26.4 Å². The number of benzene rings is 2. The van der Waals surface area contributed by atoms with Gasteiger partial charge in [-0.2, -0.15) is 15.3 Å². The summed E-state index contributed by atoms with van der Waals surface area (Å²) in [5.41, 5.74) is 2.84. The van der Waals surface area contributed by atoms with E-state index >= 15 is 0 Å². The molecule has 3 unspecified atom stereocenters. The van der Waals surface area contributed by atoms with Crippen molar-refractivity contribution in [3.63, 3.8) is 0 Å². The molecule has 3 N–H and O–H groups in total. The monoisotopic (exact) mass is 662 g/mol. The van der Waals surface area contributed by atoms with Crippen molar-refractivity contribution in [3.05, 3.63) is 59.7 Å². The minimum absolute atomic E-state index is 0.154. The number of nitrogens with zero attached hydrogens (tertiary/aromatic N) is 3. The van der Waals surface area contributed by atoms with Crippen LogP contribution in [0.2, 0.25) is 19.6 Å². The van der Waals surface area contributed by atoms with E-state index in [1.165, 1.54) is 12.3 Å². The second-order valence-corrected chi connectivity index (χ2v) is 22.2. The zero-order valence-corrected chi connectivity index (χ0v) is 28.8. The lowest BCUT2D eigenvalue weighted by atomic mass is 9.99. The number of azo groups is 1. The molecule has 0 radical (unpaired) electrons. The van der Waals surface area contributed by atoms with Gasteiger partial charge in [0.2, 0.25) is 11.8 Å². The summed E-state index contributed by atoms with van der Waals surface area (Å²) in [4.78, 5) is 25.1. The maximum atomic E-state index is 12.5. The Morgan fingerprint density at radius 2 is 1.39 bits per heavy atom. The van der Waals surface area contributed by atoms with Gasteiger partial charge in [0.1, 0.15) is 5.54 Å². The third-order valence-electron chi connectivity index (χ3n) is 7.46. The van der Waals surface area contributed by atoms with Crippen LogP contribution in [0, 0.1) is 0 Å². The van der Waals surface area contributed by atoms with Gasteiger partial charge in [0.15, 0.2) is 25.2 Å². The molecule has 2 aliphatic rings. The summed E-state index contributed by atoms with van der Waals surface area (Å²) in [6, 6.07) is 13.1. The lowest BCUT2D eigenvalue weighted by Crippen LogP contribution is -2.50. The van der Waals surface area contributed by atoms with Crippen LogP contribution in [0.5, 0.6) is 0 Å². The van der Waals surface area contributed by atoms with Crippen LogP contribution in [0.15, 0.2) is 73.7 Å². The van der Waals surface area contributed by atoms with Crippen molar-refractivity contribution in [2.75, 3.05) is 12.5 Å². The van der Waals surface area contributed by atoms with Gasteiger partial charge in [-0.1, -0.05) is 43.9 Å². The molecule has 3 atom stereocenters. The number of nitrogens with one attached hydrogen (secondary N) is 3. The molecule has 240 valence electrons. The fourth-order valence-electron chi connectivity index (χ4n) is 4.40. The average molecular weight is 663 g/mol. The third kappa shape index (κ3) is 9.28. The van der Waals surface area contributed by atoms with Crippen LogP contribution in [0.25, 0.3) is 0 Å². The zero-order valence-electron chi connectivity index (χ0n) is 26.2. The highest BCUT2D eigenvalue weighted by Gasteiger charge is 2.44. The van der Waals surface area contributed by atoms with Crippen molar-refractivity contribution in [2.24, 2.45) is 15.3 Å². The van der Waals surface area contributed by atoms with Crippen molar-refractivity contribution in [1.82, 2.24) is 16.1 Å². The molecule has 0 spiro atoms. The van der Waals surface area contributed by atoms with E-state index in [2.05, 4.69) is 51.0 Å². The van der Waals surface area contributed by atoms with E-state index in [1.807, 2.05) is 0 Å². The Bertz CT molecular complexity index is 1660. The van der Waals surface area contributed by atoms with E-state index in [1.54, 1.807) is 62.5 Å². The molecule has 2 aromatic rings. The Kier molecular flexibility index (Phi) is 10.6. The van der Waals surface area contributed by atoms with Crippen molar-refractivity contribution < 1.29 is 26.4 Å². The molecule has 0 aliphatic carbocycles. The molecule has 15 heteroatoms. The normalized spacial score (nSPS) is 22.9. The number of rotatable bonds is 9. The maximum Gasteiger partial charge on any atom is 0.249 e. The first-order chi connectivity index (χ1) is 20.2. The van der Waals surface area contributed by atoms with Crippen LogP contribution in [-0.2, 0) is 42.4 Å². The van der Waals surface area contributed by atoms with Crippen molar-refractivity contribution >= 4 is 45.8 Å². The molecule has 12 nitrogen and oxygen atoms in total. The topological polar surface area (TPSA) is 176 Å². The highest BCUT2D eigenvalue weighted by molar-refractivity contribution is 7.91. The second kappa shape index (κ2) is 13.3. The molecule has 0 saturated heterocycles. The Labute approximate surface area is 261 Å². The summed E-state index contributed by atoms with van der Waals surface area (Å²) in [5, 5.41) is 18.1. The van der Waals surface area contributed by atoms with E-state index in [0.29, 0.717) is 12.8 Å². The Hall–Kier alpha value is -3.43. The third-order valence-corrected chi connectivity index (χ3v) is 12.0. The first kappa shape index (κ1) is 35.1. The van der Waals surface area contributed by atoms with Gasteiger partial charge in [-0.15, -0.1) is 0 Å². The lowest BCUT2D eigenvalue weighted by Gasteiger charge is -2.24. The molecule has 0 aromatic heterocycles. The Morgan fingerprint density at radius 1 is 0.886 bits per heavy atom. The molecular weight excluding hydrogens is 621 g/mol. The number of carbonyl (C=O) groups is 2. The predicted molar refractivity (Wildman–Crippen MR) is 172 cm³/mol. The summed E-state index contributed by atoms with van der Waals surface area (Å²) in [6.07, 6.45) is 5.15. The smallest absolute Gasteiger partial charge is 0.249 e. The summed E-state index contributed by atoms with van der Waals surface area (Å²) < 4.78 is 46.1. The highest BCUT2D eigenvalue weighted by Crippen LogP contribution is 2.32. The van der Waals surface area contributed by atoms with Gasteiger partial charge < -0.3 is 10.6 Å². The van der Waals surface area contributed by atoms with Gasteiger partial charge in [0, 0.05) is 44.7 Å². The molecule has 44 heavy (non-hydrogen) atoms. The quantitative estimate of drug-likeness (QED) is 0.346. The fraction of sp³-hybridized carbons (Fsp3) is 0.483. The summed E-state index contributed by atoms with van der Waals surface area (Å²) in [6.45, 7) is 10.8. The van der Waals surface area contributed by atoms with Gasteiger partial charge in [0.05, 0.1) is 23.5 Å². The average Bonchev–Trinajstić information content (AvgIpc) is 3.58. The number of sulfone groups is 2. The van der Waals surface area contributed by atoms with Gasteiger partial charge in [0.25, 0.3) is 0 Å². The molecule has 4 rings (SSSR count). The van der Waals surface area contributed by atoms with Crippen LogP contribution < -0.4 is 16.1 Å². The number of hydrazone groups is 1. The molecule has 2 aromatic carbocycles. The SMILES string of the molecule is CC1(C(=O)NCc2cccc(S(C)(=O)=O)c2)CC([Si](C)(C)C)N=N1.CC1(C(=O)NCc2cccc(S(C)(=O)=O)c2)CC=NN1. The second-order valence-electron chi connectivity index (χ2n) is 12.7. The summed E-state index contributed by atoms with van der Waals surface area (Å²) >= 11 is 0. The molecular formula is C29H42N6O6S2Si. The van der Waals surface area contributed by atoms with Crippen LogP contribution in [-0.4, -0.2) is 72.2 Å². The maximum absolute atomic E-state index is 12.5. The highest BCUT2D eigenvalue weighted by atomic mass is 32.2. The Morgan fingerprint density at radius 3 is 1.80 bits per heavy atom. The lowest BCUT2D eigenvalue weighted by molar-refractivity contribution is -0.127. The number of hydrogen-bond acceptors (Lipinski definition) is 10. The largest absolute Gasteiger partial charge is 0.350 e. The van der Waals surface area contributed by atoms with Gasteiger partial charge >= 0.3 is 0 Å². The van der Waals surface area contributed by atoms with Crippen LogP contribution in [0.1, 0.15) is 37.8 Å².